The summed E-state index contributed by atoms with van der Waals surface area (Å²) in [5.74, 6) is 0.501. The summed E-state index contributed by atoms with van der Waals surface area (Å²) in [4.78, 5) is 14.6. The van der Waals surface area contributed by atoms with Crippen LogP contribution in [0.4, 0.5) is 43.7 Å². The summed E-state index contributed by atoms with van der Waals surface area (Å²) in [5.41, 5.74) is 0.0193. The zero-order valence-electron chi connectivity index (χ0n) is 19.6. The number of alkyl halides is 6. The number of nitrogens with one attached hydrogen (secondary N) is 1. The van der Waals surface area contributed by atoms with Crippen LogP contribution in [0.15, 0.2) is 47.8 Å². The van der Waals surface area contributed by atoms with Crippen molar-refractivity contribution in [3.63, 3.8) is 0 Å². The third kappa shape index (κ3) is 6.63. The summed E-state index contributed by atoms with van der Waals surface area (Å²) in [6.07, 6.45) is -7.77. The number of aliphatic hydroxyl groups is 1. The lowest BCUT2D eigenvalue weighted by atomic mass is 10.1. The van der Waals surface area contributed by atoms with Gasteiger partial charge in [0.2, 0.25) is 0 Å². The van der Waals surface area contributed by atoms with Crippen LogP contribution in [0.2, 0.25) is 0 Å². The first-order chi connectivity index (χ1) is 17.4. The third-order valence-corrected chi connectivity index (χ3v) is 6.73. The number of halogens is 6. The Bertz CT molecular complexity index is 1230. The van der Waals surface area contributed by atoms with E-state index < -0.39 is 29.6 Å². The van der Waals surface area contributed by atoms with Gasteiger partial charge in [-0.3, -0.25) is 0 Å². The van der Waals surface area contributed by atoms with Gasteiger partial charge in [-0.15, -0.1) is 0 Å². The second kappa shape index (κ2) is 10.7. The highest BCUT2D eigenvalue weighted by atomic mass is 32.2. The molecular formula is C24H23F6N5OS. The molecule has 2 aromatic heterocycles. The molecule has 0 spiro atoms. The second-order valence-electron chi connectivity index (χ2n) is 8.50. The predicted molar refractivity (Wildman–Crippen MR) is 128 cm³/mol. The van der Waals surface area contributed by atoms with Crippen molar-refractivity contribution < 1.29 is 31.4 Å². The Morgan fingerprint density at radius 2 is 1.70 bits per heavy atom. The molecule has 6 nitrogen and oxygen atoms in total. The monoisotopic (exact) mass is 543 g/mol. The van der Waals surface area contributed by atoms with E-state index in [2.05, 4.69) is 20.3 Å². The molecule has 13 heteroatoms. The molecule has 1 aromatic carbocycles. The minimum Gasteiger partial charge on any atom is -0.393 e. The van der Waals surface area contributed by atoms with Crippen molar-refractivity contribution in [1.82, 2.24) is 15.0 Å². The molecule has 198 valence electrons. The Labute approximate surface area is 213 Å². The van der Waals surface area contributed by atoms with E-state index in [0.29, 0.717) is 40.1 Å². The van der Waals surface area contributed by atoms with Crippen LogP contribution < -0.4 is 10.2 Å². The average Bonchev–Trinajstić information content (AvgIpc) is 3.05. The zero-order valence-corrected chi connectivity index (χ0v) is 20.4. The van der Waals surface area contributed by atoms with Gasteiger partial charge in [-0.2, -0.15) is 26.3 Å². The molecule has 2 N–H and O–H groups in total. The first-order valence-electron chi connectivity index (χ1n) is 11.3. The summed E-state index contributed by atoms with van der Waals surface area (Å²) < 4.78 is 79.6. The highest BCUT2D eigenvalue weighted by Gasteiger charge is 2.36. The largest absolute Gasteiger partial charge is 0.419 e. The summed E-state index contributed by atoms with van der Waals surface area (Å²) in [7, 11) is 0. The molecule has 4 rings (SSSR count). The molecule has 0 aliphatic carbocycles. The molecule has 1 atom stereocenters. The van der Waals surface area contributed by atoms with Crippen molar-refractivity contribution in [2.24, 2.45) is 0 Å². The normalized spacial score (nSPS) is 15.2. The Morgan fingerprint density at radius 3 is 2.35 bits per heavy atom. The maximum atomic E-state index is 13.6. The summed E-state index contributed by atoms with van der Waals surface area (Å²) in [5, 5.41) is 13.0. The molecule has 0 fully saturated rings. The van der Waals surface area contributed by atoms with Gasteiger partial charge in [-0.1, -0.05) is 11.8 Å². The minimum atomic E-state index is -4.57. The number of fused-ring (bicyclic) bond motifs is 1. The Hall–Kier alpha value is -3.06. The molecule has 3 aromatic rings. The highest BCUT2D eigenvalue weighted by molar-refractivity contribution is 7.99. The molecule has 1 aliphatic rings. The van der Waals surface area contributed by atoms with Crippen molar-refractivity contribution in [2.45, 2.75) is 43.4 Å². The van der Waals surface area contributed by atoms with Gasteiger partial charge < -0.3 is 15.3 Å². The Morgan fingerprint density at radius 1 is 1.00 bits per heavy atom. The van der Waals surface area contributed by atoms with Crippen LogP contribution in [0.5, 0.6) is 0 Å². The number of rotatable bonds is 6. The molecule has 0 amide bonds. The lowest BCUT2D eigenvalue weighted by Crippen LogP contribution is -2.29. The standard InChI is InChI=1S/C24H23F6N5OS/c1-14(36)13-37-22-33-19-9-12-35(21-18(24(28,29)30)3-2-10-31-21)11-8-17(19)20(34-22)32-16-6-4-15(5-7-16)23(25,26)27/h2-7,10,14,36H,8-9,11-13H2,1H3,(H,32,33,34). The van der Waals surface area contributed by atoms with Gasteiger partial charge in [0.15, 0.2) is 5.16 Å². The topological polar surface area (TPSA) is 74.2 Å². The number of aromatic nitrogens is 3. The van der Waals surface area contributed by atoms with Crippen LogP contribution >= 0.6 is 11.8 Å². The highest BCUT2D eigenvalue weighted by Crippen LogP contribution is 2.37. The molecule has 1 aliphatic heterocycles. The van der Waals surface area contributed by atoms with Crippen molar-refractivity contribution in [2.75, 3.05) is 29.1 Å². The van der Waals surface area contributed by atoms with Crippen LogP contribution in [-0.4, -0.2) is 45.0 Å². The van der Waals surface area contributed by atoms with Crippen LogP contribution in [0, 0.1) is 0 Å². The SMILES string of the molecule is CC(O)CSc1nc2c(c(Nc3ccc(C(F)(F)F)cc3)n1)CCN(c1ncccc1C(F)(F)F)CC2. The fourth-order valence-electron chi connectivity index (χ4n) is 3.90. The zero-order chi connectivity index (χ0) is 26.8. The van der Waals surface area contributed by atoms with E-state index in [4.69, 9.17) is 0 Å². The summed E-state index contributed by atoms with van der Waals surface area (Å²) >= 11 is 1.21. The Balaban J connectivity index is 1.65. The van der Waals surface area contributed by atoms with Crippen LogP contribution in [0.25, 0.3) is 0 Å². The van der Waals surface area contributed by atoms with Gasteiger partial charge in [-0.25, -0.2) is 15.0 Å². The molecule has 3 heterocycles. The van der Waals surface area contributed by atoms with Gasteiger partial charge in [-0.05, 0) is 49.7 Å². The van der Waals surface area contributed by atoms with Crippen LogP contribution in [0.1, 0.15) is 29.3 Å². The minimum absolute atomic E-state index is 0.170. The molecule has 37 heavy (non-hydrogen) atoms. The predicted octanol–water partition coefficient (Wildman–Crippen LogP) is 5.73. The first kappa shape index (κ1) is 27.0. The summed E-state index contributed by atoms with van der Waals surface area (Å²) in [6.45, 7) is 2.05. The van der Waals surface area contributed by atoms with Gasteiger partial charge in [0, 0.05) is 42.7 Å². The number of thioether (sulfide) groups is 1. The van der Waals surface area contributed by atoms with Gasteiger partial charge in [0.05, 0.1) is 22.9 Å². The molecule has 1 unspecified atom stereocenters. The average molecular weight is 544 g/mol. The van der Waals surface area contributed by atoms with E-state index in [9.17, 15) is 31.4 Å². The first-order valence-corrected chi connectivity index (χ1v) is 12.3. The summed E-state index contributed by atoms with van der Waals surface area (Å²) in [6, 6.07) is 6.70. The lowest BCUT2D eigenvalue weighted by Gasteiger charge is -2.24. The lowest BCUT2D eigenvalue weighted by molar-refractivity contribution is -0.138. The number of benzene rings is 1. The van der Waals surface area contributed by atoms with Gasteiger partial charge >= 0.3 is 12.4 Å². The van der Waals surface area contributed by atoms with Crippen molar-refractivity contribution >= 4 is 29.1 Å². The molecule has 0 bridgehead atoms. The van der Waals surface area contributed by atoms with Crippen LogP contribution in [0.3, 0.4) is 0 Å². The molecule has 0 saturated carbocycles. The van der Waals surface area contributed by atoms with Crippen molar-refractivity contribution in [1.29, 1.82) is 0 Å². The molecule has 0 radical (unpaired) electrons. The van der Waals surface area contributed by atoms with E-state index in [-0.39, 0.29) is 25.3 Å². The number of nitrogens with zero attached hydrogens (tertiary/aromatic N) is 4. The number of anilines is 3. The quantitative estimate of drug-likeness (QED) is 0.234. The van der Waals surface area contributed by atoms with E-state index in [1.165, 1.54) is 36.2 Å². The Kier molecular flexibility index (Phi) is 7.83. The van der Waals surface area contributed by atoms with E-state index in [1.54, 1.807) is 11.8 Å². The van der Waals surface area contributed by atoms with Crippen molar-refractivity contribution in [3.05, 3.63) is 65.0 Å². The smallest absolute Gasteiger partial charge is 0.393 e. The molecule has 0 saturated heterocycles. The number of hydrogen-bond acceptors (Lipinski definition) is 7. The maximum absolute atomic E-state index is 13.6. The van der Waals surface area contributed by atoms with E-state index in [1.807, 2.05) is 0 Å². The van der Waals surface area contributed by atoms with Gasteiger partial charge in [0.25, 0.3) is 0 Å². The molecular weight excluding hydrogens is 520 g/mol. The second-order valence-corrected chi connectivity index (χ2v) is 9.49. The van der Waals surface area contributed by atoms with Crippen LogP contribution in [-0.2, 0) is 25.2 Å². The number of aliphatic hydroxyl groups excluding tert-OH is 1. The van der Waals surface area contributed by atoms with E-state index in [0.717, 1.165) is 18.2 Å². The maximum Gasteiger partial charge on any atom is 0.419 e. The number of pyridine rings is 1. The van der Waals surface area contributed by atoms with E-state index >= 15 is 0 Å². The fraction of sp³-hybridized carbons (Fsp3) is 0.375. The van der Waals surface area contributed by atoms with Gasteiger partial charge in [0.1, 0.15) is 11.6 Å². The number of hydrogen-bond donors (Lipinski definition) is 2. The fourth-order valence-corrected chi connectivity index (χ4v) is 4.62. The van der Waals surface area contributed by atoms with Crippen molar-refractivity contribution in [3.8, 4) is 0 Å². The third-order valence-electron chi connectivity index (χ3n) is 5.64.